The van der Waals surface area contributed by atoms with Gasteiger partial charge in [0.25, 0.3) is 0 Å². The summed E-state index contributed by atoms with van der Waals surface area (Å²) < 4.78 is 10.0. The third kappa shape index (κ3) is 12.6. The van der Waals surface area contributed by atoms with Crippen LogP contribution in [0.1, 0.15) is 72.6 Å². The van der Waals surface area contributed by atoms with E-state index in [9.17, 15) is 34.8 Å². The Balaban J connectivity index is 1.48. The van der Waals surface area contributed by atoms with E-state index in [-0.39, 0.29) is 17.4 Å². The maximum absolute atomic E-state index is 12.5. The van der Waals surface area contributed by atoms with E-state index < -0.39 is 48.6 Å². The number of esters is 1. The van der Waals surface area contributed by atoms with Gasteiger partial charge in [0.05, 0.1) is 17.4 Å². The minimum absolute atomic E-state index is 0.00599. The molecule has 1 aliphatic rings. The molecule has 0 radical (unpaired) electrons. The summed E-state index contributed by atoms with van der Waals surface area (Å²) >= 11 is 2.97. The lowest BCUT2D eigenvalue weighted by Gasteiger charge is -2.37. The molecule has 10 nitrogen and oxygen atoms in total. The summed E-state index contributed by atoms with van der Waals surface area (Å²) in [5.74, 6) is -2.52. The molecule has 12 heteroatoms. The minimum Gasteiger partial charge on any atom is -0.481 e. The van der Waals surface area contributed by atoms with E-state index >= 15 is 0 Å². The molecule has 0 saturated carbocycles. The number of hydrogen-bond acceptors (Lipinski definition) is 10. The first-order chi connectivity index (χ1) is 21.7. The van der Waals surface area contributed by atoms with E-state index in [1.807, 2.05) is 24.3 Å². The summed E-state index contributed by atoms with van der Waals surface area (Å²) in [7, 11) is 0. The first-order valence-corrected chi connectivity index (χ1v) is 17.5. The lowest BCUT2D eigenvalue weighted by atomic mass is 9.99. The van der Waals surface area contributed by atoms with Crippen LogP contribution in [0.3, 0.4) is 0 Å². The number of aryl methyl sites for hydroxylation is 2. The Kier molecular flexibility index (Phi) is 16.2. The Morgan fingerprint density at radius 1 is 0.733 bits per heavy atom. The summed E-state index contributed by atoms with van der Waals surface area (Å²) in [6.45, 7) is 0. The van der Waals surface area contributed by atoms with Gasteiger partial charge in [-0.3, -0.25) is 9.59 Å². The SMILES string of the molecule is O=C(O)CCSC(SCCC(=O)O[C@@H]1O[C@H](C(=O)O)[C@@H](O)[C@H](O)[C@H]1O)c1ccccc1CCCCCCCCc1ccccc1. The molecular weight excluding hydrogens is 620 g/mol. The molecule has 0 aliphatic carbocycles. The summed E-state index contributed by atoms with van der Waals surface area (Å²) in [6, 6.07) is 18.6. The molecule has 1 fully saturated rings. The van der Waals surface area contributed by atoms with Gasteiger partial charge in [-0.2, -0.15) is 0 Å². The quantitative estimate of drug-likeness (QED) is 0.0760. The van der Waals surface area contributed by atoms with Gasteiger partial charge in [-0.1, -0.05) is 80.3 Å². The van der Waals surface area contributed by atoms with E-state index in [0.29, 0.717) is 11.5 Å². The normalized spacial score (nSPS) is 22.1. The molecule has 0 amide bonds. The van der Waals surface area contributed by atoms with Gasteiger partial charge in [0.1, 0.15) is 18.3 Å². The fourth-order valence-electron chi connectivity index (χ4n) is 5.06. The second-order valence-electron chi connectivity index (χ2n) is 11.0. The fourth-order valence-corrected chi connectivity index (χ4v) is 7.84. The zero-order valence-electron chi connectivity index (χ0n) is 25.2. The van der Waals surface area contributed by atoms with Crippen LogP contribution in [0.25, 0.3) is 0 Å². The van der Waals surface area contributed by atoms with Crippen molar-refractivity contribution in [3.8, 4) is 0 Å². The second-order valence-corrected chi connectivity index (χ2v) is 13.7. The number of carbonyl (C=O) groups is 3. The van der Waals surface area contributed by atoms with Crippen molar-refractivity contribution in [3.05, 3.63) is 71.3 Å². The molecule has 1 saturated heterocycles. The highest BCUT2D eigenvalue weighted by atomic mass is 32.2. The van der Waals surface area contributed by atoms with Crippen molar-refractivity contribution in [2.75, 3.05) is 11.5 Å². The average molecular weight is 665 g/mol. The Morgan fingerprint density at radius 2 is 1.33 bits per heavy atom. The number of carbonyl (C=O) groups excluding carboxylic acids is 1. The van der Waals surface area contributed by atoms with Gasteiger partial charge < -0.3 is 35.0 Å². The molecular formula is C33H44O10S2. The number of aliphatic hydroxyl groups excluding tert-OH is 3. The van der Waals surface area contributed by atoms with Crippen LogP contribution in [0.2, 0.25) is 0 Å². The number of hydrogen-bond donors (Lipinski definition) is 5. The average Bonchev–Trinajstić information content (AvgIpc) is 3.02. The lowest BCUT2D eigenvalue weighted by molar-refractivity contribution is -0.286. The molecule has 2 aromatic rings. The Hall–Kier alpha value is -2.61. The van der Waals surface area contributed by atoms with Crippen LogP contribution < -0.4 is 0 Å². The van der Waals surface area contributed by atoms with Gasteiger partial charge in [0, 0.05) is 11.5 Å². The Labute approximate surface area is 272 Å². The molecule has 248 valence electrons. The molecule has 1 unspecified atom stereocenters. The number of thioether (sulfide) groups is 2. The number of unbranched alkanes of at least 4 members (excludes halogenated alkanes) is 5. The lowest BCUT2D eigenvalue weighted by Crippen LogP contribution is -2.60. The van der Waals surface area contributed by atoms with Gasteiger partial charge in [0.15, 0.2) is 6.10 Å². The van der Waals surface area contributed by atoms with E-state index in [4.69, 9.17) is 14.6 Å². The molecule has 3 rings (SSSR count). The molecule has 45 heavy (non-hydrogen) atoms. The zero-order chi connectivity index (χ0) is 32.6. The van der Waals surface area contributed by atoms with Crippen LogP contribution >= 0.6 is 23.5 Å². The maximum Gasteiger partial charge on any atom is 0.335 e. The van der Waals surface area contributed by atoms with Crippen LogP contribution in [0.15, 0.2) is 54.6 Å². The topological polar surface area (TPSA) is 171 Å². The molecule has 2 aromatic carbocycles. The van der Waals surface area contributed by atoms with Crippen LogP contribution in [0, 0.1) is 0 Å². The van der Waals surface area contributed by atoms with Crippen LogP contribution in [-0.2, 0) is 36.7 Å². The van der Waals surface area contributed by atoms with E-state index in [1.54, 1.807) is 0 Å². The van der Waals surface area contributed by atoms with E-state index in [2.05, 4.69) is 30.3 Å². The number of ether oxygens (including phenoxy) is 2. The first-order valence-electron chi connectivity index (χ1n) is 15.4. The highest BCUT2D eigenvalue weighted by Gasteiger charge is 2.48. The van der Waals surface area contributed by atoms with Crippen molar-refractivity contribution in [1.29, 1.82) is 0 Å². The maximum atomic E-state index is 12.5. The van der Waals surface area contributed by atoms with Crippen molar-refractivity contribution < 1.29 is 49.4 Å². The van der Waals surface area contributed by atoms with E-state index in [1.165, 1.54) is 60.3 Å². The van der Waals surface area contributed by atoms with Crippen LogP contribution in [0.5, 0.6) is 0 Å². The summed E-state index contributed by atoms with van der Waals surface area (Å²) in [5, 5.41) is 48.2. The Bertz CT molecular complexity index is 1200. The summed E-state index contributed by atoms with van der Waals surface area (Å²) in [4.78, 5) is 35.0. The molecule has 5 N–H and O–H groups in total. The zero-order valence-corrected chi connectivity index (χ0v) is 26.9. The van der Waals surface area contributed by atoms with Crippen molar-refractivity contribution in [2.24, 2.45) is 0 Å². The predicted octanol–water partition coefficient (Wildman–Crippen LogP) is 4.58. The number of aliphatic hydroxyl groups is 3. The summed E-state index contributed by atoms with van der Waals surface area (Å²) in [6.07, 6.45) is -0.302. The molecule has 1 aliphatic heterocycles. The number of benzene rings is 2. The van der Waals surface area contributed by atoms with E-state index in [0.717, 1.165) is 31.2 Å². The summed E-state index contributed by atoms with van der Waals surface area (Å²) in [5.41, 5.74) is 3.66. The van der Waals surface area contributed by atoms with Gasteiger partial charge >= 0.3 is 17.9 Å². The van der Waals surface area contributed by atoms with Gasteiger partial charge in [-0.25, -0.2) is 4.79 Å². The third-order valence-electron chi connectivity index (χ3n) is 7.53. The molecule has 6 atom stereocenters. The molecule has 1 heterocycles. The fraction of sp³-hybridized carbons (Fsp3) is 0.545. The largest absolute Gasteiger partial charge is 0.481 e. The number of aliphatic carboxylic acids is 2. The van der Waals surface area contributed by atoms with Crippen molar-refractivity contribution in [3.63, 3.8) is 0 Å². The monoisotopic (exact) mass is 664 g/mol. The molecule has 0 spiro atoms. The first kappa shape index (κ1) is 36.9. The highest BCUT2D eigenvalue weighted by Crippen LogP contribution is 2.42. The Morgan fingerprint density at radius 3 is 2.00 bits per heavy atom. The van der Waals surface area contributed by atoms with Crippen molar-refractivity contribution >= 4 is 41.4 Å². The predicted molar refractivity (Wildman–Crippen MR) is 173 cm³/mol. The van der Waals surface area contributed by atoms with Crippen molar-refractivity contribution in [2.45, 2.75) is 99.5 Å². The van der Waals surface area contributed by atoms with Gasteiger partial charge in [0.2, 0.25) is 6.29 Å². The van der Waals surface area contributed by atoms with Crippen LogP contribution in [0.4, 0.5) is 0 Å². The molecule has 0 bridgehead atoms. The third-order valence-corrected chi connectivity index (χ3v) is 10.3. The molecule has 0 aromatic heterocycles. The van der Waals surface area contributed by atoms with Gasteiger partial charge in [-0.05, 0) is 42.4 Å². The minimum atomic E-state index is -1.88. The number of carboxylic acid groups (broad SMARTS) is 2. The van der Waals surface area contributed by atoms with Crippen molar-refractivity contribution in [1.82, 2.24) is 0 Å². The smallest absolute Gasteiger partial charge is 0.335 e. The standard InChI is InChI=1S/C33H44O10S2/c34-25(35)18-20-44-33(45-21-19-26(36)42-32-29(39)27(37)28(38)30(43-32)31(40)41)24-17-11-10-16-23(24)15-9-4-2-1-3-6-12-22-13-7-5-8-14-22/h5,7-8,10-11,13-14,16-17,27-30,32-33,37-39H,1-4,6,9,12,15,18-21H2,(H,34,35)(H,40,41)/t27-,28-,29+,30-,32+,33?/m0/s1. The number of rotatable bonds is 20. The van der Waals surface area contributed by atoms with Crippen LogP contribution in [-0.4, -0.2) is 85.7 Å². The van der Waals surface area contributed by atoms with Gasteiger partial charge in [-0.15, -0.1) is 23.5 Å². The highest BCUT2D eigenvalue weighted by molar-refractivity contribution is 8.16. The second kappa shape index (κ2) is 19.8. The number of carboxylic acids is 2.